The molecule has 5 rings (SSSR count). The maximum atomic E-state index is 13.7. The SMILES string of the molecule is CSc1cccc2sc(N(Cc3ccco3)C(=O)c3ccc(S(=O)(=O)N4CCCCCC4)cc3)nc12. The Morgan fingerprint density at radius 1 is 1.06 bits per heavy atom. The molecule has 2 aromatic heterocycles. The van der Waals surface area contributed by atoms with Gasteiger partial charge in [0.2, 0.25) is 10.0 Å². The Morgan fingerprint density at radius 3 is 2.47 bits per heavy atom. The van der Waals surface area contributed by atoms with Crippen LogP contribution < -0.4 is 4.90 Å². The molecule has 0 aliphatic carbocycles. The van der Waals surface area contributed by atoms with E-state index in [1.54, 1.807) is 45.4 Å². The van der Waals surface area contributed by atoms with Gasteiger partial charge in [0.05, 0.1) is 27.9 Å². The molecule has 188 valence electrons. The van der Waals surface area contributed by atoms with E-state index in [1.807, 2.05) is 30.5 Å². The average Bonchev–Trinajstić information content (AvgIpc) is 3.49. The van der Waals surface area contributed by atoms with E-state index in [1.165, 1.54) is 23.5 Å². The number of thiazole rings is 1. The van der Waals surface area contributed by atoms with Gasteiger partial charge in [-0.05, 0) is 67.6 Å². The number of sulfonamides is 1. The molecule has 0 bridgehead atoms. The summed E-state index contributed by atoms with van der Waals surface area (Å²) in [5.74, 6) is 0.364. The molecule has 0 atom stereocenters. The molecule has 0 unspecified atom stereocenters. The summed E-state index contributed by atoms with van der Waals surface area (Å²) in [5.41, 5.74) is 1.25. The van der Waals surface area contributed by atoms with Crippen LogP contribution in [0.2, 0.25) is 0 Å². The third kappa shape index (κ3) is 5.08. The molecular weight excluding hydrogens is 515 g/mol. The Hall–Kier alpha value is -2.66. The Balaban J connectivity index is 1.46. The van der Waals surface area contributed by atoms with Gasteiger partial charge >= 0.3 is 0 Å². The molecule has 0 spiro atoms. The topological polar surface area (TPSA) is 83.7 Å². The zero-order valence-electron chi connectivity index (χ0n) is 19.9. The van der Waals surface area contributed by atoms with E-state index in [-0.39, 0.29) is 17.3 Å². The standard InChI is InChI=1S/C26H27N3O4S3/c1-34-22-9-6-10-23-24(22)27-26(35-23)29(18-20-8-7-17-33-20)25(30)19-11-13-21(14-12-19)36(31,32)28-15-4-2-3-5-16-28/h6-14,17H,2-5,15-16,18H2,1H3. The van der Waals surface area contributed by atoms with Gasteiger partial charge in [0.25, 0.3) is 5.91 Å². The van der Waals surface area contributed by atoms with Crippen LogP contribution >= 0.6 is 23.1 Å². The molecule has 1 amide bonds. The minimum atomic E-state index is -3.59. The van der Waals surface area contributed by atoms with Crippen LogP contribution in [0.15, 0.2) is 75.1 Å². The number of para-hydroxylation sites is 1. The number of anilines is 1. The van der Waals surface area contributed by atoms with E-state index in [0.717, 1.165) is 40.8 Å². The van der Waals surface area contributed by atoms with Crippen LogP contribution in [0.5, 0.6) is 0 Å². The van der Waals surface area contributed by atoms with E-state index in [0.29, 0.717) is 29.5 Å². The maximum absolute atomic E-state index is 13.7. The molecule has 3 heterocycles. The van der Waals surface area contributed by atoms with Gasteiger partial charge in [0.1, 0.15) is 5.76 Å². The van der Waals surface area contributed by atoms with Gasteiger partial charge in [-0.25, -0.2) is 13.4 Å². The fourth-order valence-electron chi connectivity index (χ4n) is 4.33. The highest BCUT2D eigenvalue weighted by molar-refractivity contribution is 7.98. The third-order valence-electron chi connectivity index (χ3n) is 6.26. The number of benzene rings is 2. The number of amides is 1. The van der Waals surface area contributed by atoms with Crippen molar-refractivity contribution >= 4 is 54.4 Å². The van der Waals surface area contributed by atoms with Crippen LogP contribution in [-0.4, -0.2) is 43.0 Å². The molecule has 1 fully saturated rings. The van der Waals surface area contributed by atoms with E-state index < -0.39 is 10.0 Å². The molecule has 7 nitrogen and oxygen atoms in total. The fourth-order valence-corrected chi connectivity index (χ4v) is 7.47. The van der Waals surface area contributed by atoms with Gasteiger partial charge in [-0.2, -0.15) is 4.31 Å². The first-order valence-electron chi connectivity index (χ1n) is 11.9. The molecule has 0 saturated carbocycles. The number of nitrogens with zero attached hydrogens (tertiary/aromatic N) is 3. The molecule has 1 saturated heterocycles. The highest BCUT2D eigenvalue weighted by Gasteiger charge is 2.27. The Morgan fingerprint density at radius 2 is 1.81 bits per heavy atom. The van der Waals surface area contributed by atoms with Crippen molar-refractivity contribution in [3.63, 3.8) is 0 Å². The lowest BCUT2D eigenvalue weighted by Crippen LogP contribution is -2.32. The Kier molecular flexibility index (Phi) is 7.47. The quantitative estimate of drug-likeness (QED) is 0.266. The lowest BCUT2D eigenvalue weighted by atomic mass is 10.2. The van der Waals surface area contributed by atoms with Gasteiger partial charge in [-0.1, -0.05) is 30.2 Å². The summed E-state index contributed by atoms with van der Waals surface area (Å²) < 4.78 is 34.4. The normalized spacial score (nSPS) is 15.1. The summed E-state index contributed by atoms with van der Waals surface area (Å²) in [6, 6.07) is 15.8. The second kappa shape index (κ2) is 10.8. The van der Waals surface area contributed by atoms with Crippen molar-refractivity contribution in [1.29, 1.82) is 0 Å². The van der Waals surface area contributed by atoms with Crippen molar-refractivity contribution in [2.24, 2.45) is 0 Å². The van der Waals surface area contributed by atoms with Gasteiger partial charge < -0.3 is 4.42 Å². The molecular formula is C26H27N3O4S3. The van der Waals surface area contributed by atoms with E-state index in [2.05, 4.69) is 0 Å². The van der Waals surface area contributed by atoms with Crippen LogP contribution in [0, 0.1) is 0 Å². The van der Waals surface area contributed by atoms with Crippen LogP contribution in [0.1, 0.15) is 41.8 Å². The van der Waals surface area contributed by atoms with E-state index in [4.69, 9.17) is 9.40 Å². The number of fused-ring (bicyclic) bond motifs is 1. The van der Waals surface area contributed by atoms with Gasteiger partial charge in [-0.3, -0.25) is 9.69 Å². The number of aromatic nitrogens is 1. The van der Waals surface area contributed by atoms with Crippen LogP contribution in [0.4, 0.5) is 5.13 Å². The molecule has 0 N–H and O–H groups in total. The van der Waals surface area contributed by atoms with Gasteiger partial charge in [-0.15, -0.1) is 11.8 Å². The number of thioether (sulfide) groups is 1. The molecule has 1 aliphatic rings. The van der Waals surface area contributed by atoms with Crippen LogP contribution in [0.25, 0.3) is 10.2 Å². The zero-order chi connectivity index (χ0) is 25.1. The summed E-state index contributed by atoms with van der Waals surface area (Å²) in [5, 5.41) is 0.564. The predicted molar refractivity (Wildman–Crippen MR) is 144 cm³/mol. The highest BCUT2D eigenvalue weighted by Crippen LogP contribution is 2.35. The molecule has 0 radical (unpaired) electrons. The number of rotatable bonds is 7. The molecule has 4 aromatic rings. The van der Waals surface area contributed by atoms with Crippen LogP contribution in [0.3, 0.4) is 0 Å². The van der Waals surface area contributed by atoms with Crippen molar-refractivity contribution in [3.05, 3.63) is 72.2 Å². The summed E-state index contributed by atoms with van der Waals surface area (Å²) in [4.78, 5) is 21.3. The largest absolute Gasteiger partial charge is 0.467 e. The Bertz CT molecular complexity index is 1440. The fraction of sp³-hybridized carbons (Fsp3) is 0.308. The van der Waals surface area contributed by atoms with Crippen LogP contribution in [-0.2, 0) is 16.6 Å². The minimum Gasteiger partial charge on any atom is -0.467 e. The first-order chi connectivity index (χ1) is 17.5. The van der Waals surface area contributed by atoms with E-state index >= 15 is 0 Å². The van der Waals surface area contributed by atoms with Crippen molar-refractivity contribution in [1.82, 2.24) is 9.29 Å². The summed E-state index contributed by atoms with van der Waals surface area (Å²) in [6.07, 6.45) is 7.42. The number of hydrogen-bond acceptors (Lipinski definition) is 7. The first kappa shape index (κ1) is 25.0. The molecule has 36 heavy (non-hydrogen) atoms. The summed E-state index contributed by atoms with van der Waals surface area (Å²) in [7, 11) is -3.59. The smallest absolute Gasteiger partial charge is 0.260 e. The molecule has 10 heteroatoms. The van der Waals surface area contributed by atoms with Crippen molar-refractivity contribution in [2.75, 3.05) is 24.2 Å². The first-order valence-corrected chi connectivity index (χ1v) is 15.3. The monoisotopic (exact) mass is 541 g/mol. The average molecular weight is 542 g/mol. The van der Waals surface area contributed by atoms with Gasteiger partial charge in [0, 0.05) is 23.5 Å². The number of carbonyl (C=O) groups excluding carboxylic acids is 1. The zero-order valence-corrected chi connectivity index (χ0v) is 22.4. The second-order valence-corrected chi connectivity index (χ2v) is 12.4. The lowest BCUT2D eigenvalue weighted by molar-refractivity contribution is 0.0983. The maximum Gasteiger partial charge on any atom is 0.260 e. The lowest BCUT2D eigenvalue weighted by Gasteiger charge is -2.21. The van der Waals surface area contributed by atoms with Crippen molar-refractivity contribution < 1.29 is 17.6 Å². The number of carbonyl (C=O) groups is 1. The predicted octanol–water partition coefficient (Wildman–Crippen LogP) is 6.02. The molecule has 1 aliphatic heterocycles. The molecule has 2 aromatic carbocycles. The summed E-state index contributed by atoms with van der Waals surface area (Å²) in [6.45, 7) is 1.29. The van der Waals surface area contributed by atoms with Gasteiger partial charge in [0.15, 0.2) is 5.13 Å². The number of hydrogen-bond donors (Lipinski definition) is 0. The van der Waals surface area contributed by atoms with Crippen molar-refractivity contribution in [2.45, 2.75) is 42.0 Å². The highest BCUT2D eigenvalue weighted by atomic mass is 32.2. The third-order valence-corrected chi connectivity index (χ3v) is 9.99. The summed E-state index contributed by atoms with van der Waals surface area (Å²) >= 11 is 3.06. The van der Waals surface area contributed by atoms with E-state index in [9.17, 15) is 13.2 Å². The Labute approximate surface area is 219 Å². The van der Waals surface area contributed by atoms with Crippen molar-refractivity contribution in [3.8, 4) is 0 Å². The number of furan rings is 1. The minimum absolute atomic E-state index is 0.211. The second-order valence-electron chi connectivity index (χ2n) is 8.62.